The molecule has 0 aliphatic carbocycles. The summed E-state index contributed by atoms with van der Waals surface area (Å²) in [6, 6.07) is 21.2. The minimum absolute atomic E-state index is 0.274. The first kappa shape index (κ1) is 17.5. The number of nitrogens with one attached hydrogen (secondary N) is 1. The van der Waals surface area contributed by atoms with Crippen LogP contribution in [0.2, 0.25) is 0 Å². The van der Waals surface area contributed by atoms with E-state index >= 15 is 0 Å². The van der Waals surface area contributed by atoms with Crippen molar-refractivity contribution >= 4 is 28.7 Å². The maximum Gasteiger partial charge on any atom is 0.308 e. The number of anilines is 1. The molecule has 0 atom stereocenters. The van der Waals surface area contributed by atoms with Gasteiger partial charge in [-0.05, 0) is 54.6 Å². The van der Waals surface area contributed by atoms with Gasteiger partial charge in [0.1, 0.15) is 11.3 Å². The number of benzene rings is 3. The predicted octanol–water partition coefficient (Wildman–Crippen LogP) is 4.67. The van der Waals surface area contributed by atoms with Gasteiger partial charge in [-0.15, -0.1) is 0 Å². The lowest BCUT2D eigenvalue weighted by Crippen LogP contribution is -2.12. The molecule has 3 aromatic carbocycles. The van der Waals surface area contributed by atoms with Crippen LogP contribution in [0.3, 0.4) is 0 Å². The highest BCUT2D eigenvalue weighted by Crippen LogP contribution is 2.26. The van der Waals surface area contributed by atoms with Gasteiger partial charge in [-0.2, -0.15) is 0 Å². The molecule has 0 unspecified atom stereocenters. The zero-order valence-corrected chi connectivity index (χ0v) is 15.0. The largest absolute Gasteiger partial charge is 0.436 e. The summed E-state index contributed by atoms with van der Waals surface area (Å²) in [5, 5.41) is 2.85. The van der Waals surface area contributed by atoms with E-state index in [0.29, 0.717) is 28.5 Å². The maximum absolute atomic E-state index is 12.5. The Morgan fingerprint density at radius 2 is 1.75 bits per heavy atom. The third-order valence-electron chi connectivity index (χ3n) is 4.04. The molecule has 1 aromatic heterocycles. The summed E-state index contributed by atoms with van der Waals surface area (Å²) in [6.45, 7) is 1.32. The van der Waals surface area contributed by atoms with Crippen molar-refractivity contribution in [1.29, 1.82) is 0 Å². The molecule has 0 fully saturated rings. The van der Waals surface area contributed by atoms with Gasteiger partial charge in [-0.25, -0.2) is 4.98 Å². The lowest BCUT2D eigenvalue weighted by atomic mass is 10.1. The van der Waals surface area contributed by atoms with Crippen LogP contribution in [0.25, 0.3) is 22.6 Å². The molecule has 0 saturated heterocycles. The molecule has 1 heterocycles. The quantitative estimate of drug-likeness (QED) is 0.416. The van der Waals surface area contributed by atoms with E-state index in [4.69, 9.17) is 9.15 Å². The number of rotatable bonds is 4. The summed E-state index contributed by atoms with van der Waals surface area (Å²) in [5.74, 6) is 0.197. The number of fused-ring (bicyclic) bond motifs is 1. The van der Waals surface area contributed by atoms with Crippen LogP contribution in [0, 0.1) is 0 Å². The Bertz CT molecular complexity index is 1130. The van der Waals surface area contributed by atoms with Gasteiger partial charge in [-0.3, -0.25) is 9.59 Å². The van der Waals surface area contributed by atoms with Gasteiger partial charge in [0.05, 0.1) is 0 Å². The molecule has 4 aromatic rings. The van der Waals surface area contributed by atoms with E-state index in [-0.39, 0.29) is 5.91 Å². The van der Waals surface area contributed by atoms with Crippen LogP contribution < -0.4 is 10.1 Å². The molecule has 6 nitrogen and oxygen atoms in total. The molecule has 0 saturated carbocycles. The van der Waals surface area contributed by atoms with E-state index < -0.39 is 5.97 Å². The van der Waals surface area contributed by atoms with Gasteiger partial charge in [0.15, 0.2) is 5.58 Å². The number of hydrogen-bond acceptors (Lipinski definition) is 5. The Morgan fingerprint density at radius 3 is 2.50 bits per heavy atom. The fourth-order valence-corrected chi connectivity index (χ4v) is 2.77. The molecule has 0 aliphatic rings. The number of carbonyl (C=O) groups is 2. The van der Waals surface area contributed by atoms with E-state index in [1.165, 1.54) is 6.92 Å². The number of ether oxygens (including phenoxy) is 1. The minimum atomic E-state index is -0.409. The third-order valence-corrected chi connectivity index (χ3v) is 4.04. The summed E-state index contributed by atoms with van der Waals surface area (Å²) in [4.78, 5) is 27.9. The second-order valence-electron chi connectivity index (χ2n) is 6.14. The van der Waals surface area contributed by atoms with Crippen LogP contribution in [0.4, 0.5) is 5.69 Å². The topological polar surface area (TPSA) is 81.4 Å². The Labute approximate surface area is 160 Å². The van der Waals surface area contributed by atoms with E-state index in [1.807, 2.05) is 36.4 Å². The molecule has 0 aliphatic heterocycles. The third kappa shape index (κ3) is 3.76. The normalized spacial score (nSPS) is 10.6. The molecule has 1 N–H and O–H groups in total. The highest BCUT2D eigenvalue weighted by Gasteiger charge is 2.11. The fourth-order valence-electron chi connectivity index (χ4n) is 2.77. The molecule has 138 valence electrons. The van der Waals surface area contributed by atoms with Crippen molar-refractivity contribution in [3.8, 4) is 17.2 Å². The molecule has 28 heavy (non-hydrogen) atoms. The Hall–Kier alpha value is -3.93. The van der Waals surface area contributed by atoms with Gasteiger partial charge in [-0.1, -0.05) is 18.2 Å². The molecular formula is C22H16N2O4. The van der Waals surface area contributed by atoms with Crippen molar-refractivity contribution in [1.82, 2.24) is 4.98 Å². The van der Waals surface area contributed by atoms with Crippen LogP contribution in [-0.2, 0) is 4.79 Å². The average Bonchev–Trinajstić information content (AvgIpc) is 3.12. The van der Waals surface area contributed by atoms with Crippen molar-refractivity contribution in [3.05, 3.63) is 78.4 Å². The van der Waals surface area contributed by atoms with Gasteiger partial charge in [0.25, 0.3) is 5.91 Å². The van der Waals surface area contributed by atoms with E-state index in [2.05, 4.69) is 10.3 Å². The lowest BCUT2D eigenvalue weighted by Gasteiger charge is -2.07. The zero-order chi connectivity index (χ0) is 19.5. The molecular weight excluding hydrogens is 356 g/mol. The standard InChI is InChI=1S/C22H16N2O4/c1-14(25)27-18-11-9-15(10-12-18)21(26)23-17-6-4-5-16(13-17)22-24-19-7-2-3-8-20(19)28-22/h2-13H,1H3,(H,23,26). The minimum Gasteiger partial charge on any atom is -0.436 e. The number of hydrogen-bond donors (Lipinski definition) is 1. The molecule has 0 bridgehead atoms. The van der Waals surface area contributed by atoms with Crippen molar-refractivity contribution in [2.45, 2.75) is 6.92 Å². The van der Waals surface area contributed by atoms with Gasteiger partial charge in [0.2, 0.25) is 5.89 Å². The number of amides is 1. The van der Waals surface area contributed by atoms with Crippen LogP contribution in [0.15, 0.2) is 77.2 Å². The number of carbonyl (C=O) groups excluding carboxylic acids is 2. The summed E-state index contributed by atoms with van der Waals surface area (Å²) in [7, 11) is 0. The summed E-state index contributed by atoms with van der Waals surface area (Å²) in [6.07, 6.45) is 0. The highest BCUT2D eigenvalue weighted by atomic mass is 16.5. The summed E-state index contributed by atoms with van der Waals surface area (Å²) >= 11 is 0. The van der Waals surface area contributed by atoms with Crippen LogP contribution in [0.1, 0.15) is 17.3 Å². The van der Waals surface area contributed by atoms with Crippen molar-refractivity contribution in [2.24, 2.45) is 0 Å². The predicted molar refractivity (Wildman–Crippen MR) is 105 cm³/mol. The summed E-state index contributed by atoms with van der Waals surface area (Å²) < 4.78 is 10.7. The first-order valence-corrected chi connectivity index (χ1v) is 8.64. The Morgan fingerprint density at radius 1 is 0.964 bits per heavy atom. The SMILES string of the molecule is CC(=O)Oc1ccc(C(=O)Nc2cccc(-c3nc4ccccc4o3)c2)cc1. The number of oxazole rings is 1. The molecule has 0 spiro atoms. The second kappa shape index (κ2) is 7.36. The fraction of sp³-hybridized carbons (Fsp3) is 0.0455. The van der Waals surface area contributed by atoms with E-state index in [0.717, 1.165) is 11.1 Å². The van der Waals surface area contributed by atoms with Crippen LogP contribution in [-0.4, -0.2) is 16.9 Å². The summed E-state index contributed by atoms with van der Waals surface area (Å²) in [5.41, 5.74) is 3.32. The Kier molecular flexibility index (Phi) is 4.60. The Balaban J connectivity index is 1.53. The number of para-hydroxylation sites is 2. The average molecular weight is 372 g/mol. The first-order valence-electron chi connectivity index (χ1n) is 8.64. The first-order chi connectivity index (χ1) is 13.6. The zero-order valence-electron chi connectivity index (χ0n) is 15.0. The number of aromatic nitrogens is 1. The van der Waals surface area contributed by atoms with Crippen molar-refractivity contribution in [3.63, 3.8) is 0 Å². The van der Waals surface area contributed by atoms with E-state index in [9.17, 15) is 9.59 Å². The molecule has 0 radical (unpaired) electrons. The number of esters is 1. The lowest BCUT2D eigenvalue weighted by molar-refractivity contribution is -0.131. The monoisotopic (exact) mass is 372 g/mol. The van der Waals surface area contributed by atoms with Crippen molar-refractivity contribution in [2.75, 3.05) is 5.32 Å². The second-order valence-corrected chi connectivity index (χ2v) is 6.14. The van der Waals surface area contributed by atoms with Gasteiger partial charge >= 0.3 is 5.97 Å². The highest BCUT2D eigenvalue weighted by molar-refractivity contribution is 6.04. The molecule has 1 amide bonds. The van der Waals surface area contributed by atoms with Crippen molar-refractivity contribution < 1.29 is 18.7 Å². The maximum atomic E-state index is 12.5. The number of nitrogens with zero attached hydrogens (tertiary/aromatic N) is 1. The van der Waals surface area contributed by atoms with Gasteiger partial charge < -0.3 is 14.5 Å². The van der Waals surface area contributed by atoms with Gasteiger partial charge in [0, 0.05) is 23.7 Å². The van der Waals surface area contributed by atoms with Crippen LogP contribution >= 0.6 is 0 Å². The molecule has 6 heteroatoms. The van der Waals surface area contributed by atoms with Crippen LogP contribution in [0.5, 0.6) is 5.75 Å². The molecule has 4 rings (SSSR count). The smallest absolute Gasteiger partial charge is 0.308 e. The van der Waals surface area contributed by atoms with E-state index in [1.54, 1.807) is 36.4 Å².